The van der Waals surface area contributed by atoms with E-state index < -0.39 is 0 Å². The van der Waals surface area contributed by atoms with Crippen molar-refractivity contribution in [2.45, 2.75) is 44.6 Å². The van der Waals surface area contributed by atoms with Crippen LogP contribution in [0, 0.1) is 5.92 Å². The number of nitrogens with zero attached hydrogens (tertiary/aromatic N) is 6. The SMILES string of the molecule is O=C(C1CCN(c2nc(-c3ccnc(Cl)c3)cc3cnccc23)CC1)N1CCC(N2CCCC2)CC1. The van der Waals surface area contributed by atoms with Crippen LogP contribution in [0.25, 0.3) is 22.0 Å². The van der Waals surface area contributed by atoms with Gasteiger partial charge in [-0.25, -0.2) is 9.97 Å². The van der Waals surface area contributed by atoms with Gasteiger partial charge in [0.2, 0.25) is 5.91 Å². The lowest BCUT2D eigenvalue weighted by Crippen LogP contribution is -2.49. The summed E-state index contributed by atoms with van der Waals surface area (Å²) in [5, 5.41) is 2.58. The molecule has 7 nitrogen and oxygen atoms in total. The molecule has 36 heavy (non-hydrogen) atoms. The Morgan fingerprint density at radius 1 is 0.917 bits per heavy atom. The molecule has 8 heteroatoms. The van der Waals surface area contributed by atoms with Crippen LogP contribution in [-0.4, -0.2) is 76.0 Å². The van der Waals surface area contributed by atoms with E-state index in [1.165, 1.54) is 25.9 Å². The first-order chi connectivity index (χ1) is 17.7. The van der Waals surface area contributed by atoms with Crippen molar-refractivity contribution in [3.05, 3.63) is 48.0 Å². The zero-order chi connectivity index (χ0) is 24.5. The molecule has 0 radical (unpaired) electrons. The van der Waals surface area contributed by atoms with Gasteiger partial charge in [-0.3, -0.25) is 9.78 Å². The highest BCUT2D eigenvalue weighted by Crippen LogP contribution is 2.33. The van der Waals surface area contributed by atoms with Crippen LogP contribution in [0.1, 0.15) is 38.5 Å². The molecule has 6 heterocycles. The van der Waals surface area contributed by atoms with Crippen molar-refractivity contribution >= 4 is 34.1 Å². The minimum absolute atomic E-state index is 0.111. The van der Waals surface area contributed by atoms with E-state index in [-0.39, 0.29) is 5.92 Å². The number of likely N-dealkylation sites (tertiary alicyclic amines) is 2. The summed E-state index contributed by atoms with van der Waals surface area (Å²) in [6.07, 6.45) is 12.1. The first-order valence-electron chi connectivity index (χ1n) is 13.3. The Morgan fingerprint density at radius 3 is 2.44 bits per heavy atom. The van der Waals surface area contributed by atoms with Gasteiger partial charge in [0.15, 0.2) is 0 Å². The van der Waals surface area contributed by atoms with E-state index in [4.69, 9.17) is 16.6 Å². The molecule has 0 unspecified atom stereocenters. The molecule has 0 aliphatic carbocycles. The number of amides is 1. The summed E-state index contributed by atoms with van der Waals surface area (Å²) in [7, 11) is 0. The summed E-state index contributed by atoms with van der Waals surface area (Å²) in [4.78, 5) is 34.0. The normalized spacial score (nSPS) is 20.4. The van der Waals surface area contributed by atoms with E-state index >= 15 is 0 Å². The molecule has 3 aromatic heterocycles. The van der Waals surface area contributed by atoms with Crippen molar-refractivity contribution in [1.82, 2.24) is 24.8 Å². The van der Waals surface area contributed by atoms with Crippen LogP contribution >= 0.6 is 11.6 Å². The molecular weight excluding hydrogens is 472 g/mol. The zero-order valence-corrected chi connectivity index (χ0v) is 21.4. The standard InChI is InChI=1S/C28H33ClN6O/c29-26-18-21(3-10-31-26)25-17-22-19-30-9-4-24(22)27(32-25)34-13-5-20(6-14-34)28(36)35-15-7-23(8-16-35)33-11-1-2-12-33/h3-4,9-10,17-20,23H,1-2,5-8,11-16H2. The summed E-state index contributed by atoms with van der Waals surface area (Å²) < 4.78 is 0. The maximum Gasteiger partial charge on any atom is 0.225 e. The van der Waals surface area contributed by atoms with Gasteiger partial charge in [-0.05, 0) is 75.9 Å². The van der Waals surface area contributed by atoms with Crippen molar-refractivity contribution in [2.75, 3.05) is 44.2 Å². The number of halogens is 1. The van der Waals surface area contributed by atoms with E-state index in [0.717, 1.165) is 79.7 Å². The summed E-state index contributed by atoms with van der Waals surface area (Å²) in [6.45, 7) is 5.96. The van der Waals surface area contributed by atoms with Crippen LogP contribution in [-0.2, 0) is 4.79 Å². The first-order valence-corrected chi connectivity index (χ1v) is 13.7. The van der Waals surface area contributed by atoms with E-state index in [9.17, 15) is 4.79 Å². The largest absolute Gasteiger partial charge is 0.356 e. The monoisotopic (exact) mass is 504 g/mol. The van der Waals surface area contributed by atoms with E-state index in [1.807, 2.05) is 30.6 Å². The lowest BCUT2D eigenvalue weighted by molar-refractivity contribution is -0.137. The Kier molecular flexibility index (Phi) is 6.76. The van der Waals surface area contributed by atoms with Crippen molar-refractivity contribution in [3.63, 3.8) is 0 Å². The van der Waals surface area contributed by atoms with Gasteiger partial charge >= 0.3 is 0 Å². The molecule has 3 fully saturated rings. The Labute approximate surface area is 217 Å². The van der Waals surface area contributed by atoms with E-state index in [2.05, 4.69) is 30.7 Å². The highest BCUT2D eigenvalue weighted by molar-refractivity contribution is 6.29. The van der Waals surface area contributed by atoms with Crippen LogP contribution in [0.5, 0.6) is 0 Å². The fourth-order valence-corrected chi connectivity index (χ4v) is 6.36. The summed E-state index contributed by atoms with van der Waals surface area (Å²) in [6, 6.07) is 8.53. The van der Waals surface area contributed by atoms with Crippen molar-refractivity contribution in [3.8, 4) is 11.3 Å². The predicted molar refractivity (Wildman–Crippen MR) is 143 cm³/mol. The number of rotatable bonds is 4. The lowest BCUT2D eigenvalue weighted by atomic mass is 9.93. The average molecular weight is 505 g/mol. The van der Waals surface area contributed by atoms with Crippen LogP contribution in [0.2, 0.25) is 5.15 Å². The second-order valence-corrected chi connectivity index (χ2v) is 10.7. The molecule has 6 rings (SSSR count). The van der Waals surface area contributed by atoms with Crippen molar-refractivity contribution in [2.24, 2.45) is 5.92 Å². The number of aromatic nitrogens is 3. The second kappa shape index (κ2) is 10.3. The number of pyridine rings is 3. The third-order valence-corrected chi connectivity index (χ3v) is 8.42. The maximum atomic E-state index is 13.4. The molecule has 3 saturated heterocycles. The number of hydrogen-bond acceptors (Lipinski definition) is 6. The van der Waals surface area contributed by atoms with Crippen molar-refractivity contribution < 1.29 is 4.79 Å². The van der Waals surface area contributed by atoms with Gasteiger partial charge in [0, 0.05) is 73.1 Å². The zero-order valence-electron chi connectivity index (χ0n) is 20.7. The second-order valence-electron chi connectivity index (χ2n) is 10.4. The molecule has 0 saturated carbocycles. The van der Waals surface area contributed by atoms with Gasteiger partial charge in [-0.15, -0.1) is 0 Å². The number of carbonyl (C=O) groups excluding carboxylic acids is 1. The summed E-state index contributed by atoms with van der Waals surface area (Å²) in [5.41, 5.74) is 1.79. The summed E-state index contributed by atoms with van der Waals surface area (Å²) >= 11 is 6.15. The first kappa shape index (κ1) is 23.6. The third-order valence-electron chi connectivity index (χ3n) is 8.21. The van der Waals surface area contributed by atoms with Crippen molar-refractivity contribution in [1.29, 1.82) is 0 Å². The van der Waals surface area contributed by atoms with Gasteiger partial charge in [0.25, 0.3) is 0 Å². The van der Waals surface area contributed by atoms with Gasteiger partial charge in [-0.1, -0.05) is 11.6 Å². The fourth-order valence-electron chi connectivity index (χ4n) is 6.18. The molecule has 188 valence electrons. The Bertz CT molecular complexity index is 1230. The topological polar surface area (TPSA) is 65.5 Å². The number of fused-ring (bicyclic) bond motifs is 1. The minimum atomic E-state index is 0.111. The molecule has 0 aromatic carbocycles. The van der Waals surface area contributed by atoms with Crippen LogP contribution in [0.4, 0.5) is 5.82 Å². The smallest absolute Gasteiger partial charge is 0.225 e. The minimum Gasteiger partial charge on any atom is -0.356 e. The predicted octanol–water partition coefficient (Wildman–Crippen LogP) is 4.65. The lowest BCUT2D eigenvalue weighted by Gasteiger charge is -2.39. The molecule has 3 aliphatic heterocycles. The Balaban J connectivity index is 1.14. The molecular formula is C28H33ClN6O. The Hall–Kier alpha value is -2.77. The third kappa shape index (κ3) is 4.78. The maximum absolute atomic E-state index is 13.4. The highest BCUT2D eigenvalue weighted by atomic mass is 35.5. The van der Waals surface area contributed by atoms with Crippen LogP contribution < -0.4 is 4.90 Å². The average Bonchev–Trinajstić information content (AvgIpc) is 3.47. The number of hydrogen-bond donors (Lipinski definition) is 0. The number of carbonyl (C=O) groups is 1. The van der Waals surface area contributed by atoms with Crippen LogP contribution in [0.15, 0.2) is 42.9 Å². The summed E-state index contributed by atoms with van der Waals surface area (Å²) in [5.74, 6) is 1.42. The molecule has 0 N–H and O–H groups in total. The molecule has 0 bridgehead atoms. The molecule has 3 aromatic rings. The molecule has 0 atom stereocenters. The van der Waals surface area contributed by atoms with Gasteiger partial charge in [0.1, 0.15) is 11.0 Å². The molecule has 1 amide bonds. The Morgan fingerprint density at radius 2 is 1.69 bits per heavy atom. The number of piperidine rings is 2. The van der Waals surface area contributed by atoms with Gasteiger partial charge < -0.3 is 14.7 Å². The fraction of sp³-hybridized carbons (Fsp3) is 0.500. The van der Waals surface area contributed by atoms with Gasteiger partial charge in [-0.2, -0.15) is 0 Å². The molecule has 0 spiro atoms. The van der Waals surface area contributed by atoms with Crippen LogP contribution in [0.3, 0.4) is 0 Å². The molecule has 3 aliphatic rings. The van der Waals surface area contributed by atoms with E-state index in [1.54, 1.807) is 6.20 Å². The number of anilines is 1. The van der Waals surface area contributed by atoms with E-state index in [0.29, 0.717) is 17.1 Å². The quantitative estimate of drug-likeness (QED) is 0.482. The van der Waals surface area contributed by atoms with Gasteiger partial charge in [0.05, 0.1) is 5.69 Å². The highest BCUT2D eigenvalue weighted by Gasteiger charge is 2.33.